The maximum atomic E-state index is 13.2. The molecule has 0 saturated carbocycles. The summed E-state index contributed by atoms with van der Waals surface area (Å²) < 4.78 is 16.1. The van der Waals surface area contributed by atoms with Crippen LogP contribution < -0.4 is 9.47 Å². The third-order valence-electron chi connectivity index (χ3n) is 6.42. The summed E-state index contributed by atoms with van der Waals surface area (Å²) in [6.45, 7) is 10.9. The zero-order chi connectivity index (χ0) is 22.8. The molecule has 172 valence electrons. The number of piperazine rings is 1. The van der Waals surface area contributed by atoms with Gasteiger partial charge in [0.25, 0.3) is 0 Å². The smallest absolute Gasteiger partial charge is 0.339 e. The third kappa shape index (κ3) is 4.38. The van der Waals surface area contributed by atoms with Gasteiger partial charge in [-0.1, -0.05) is 6.07 Å². The zero-order valence-electron chi connectivity index (χ0n) is 19.2. The topological polar surface area (TPSA) is 84.1 Å². The number of aromatic nitrogens is 1. The number of rotatable bonds is 6. The number of carbonyl (C=O) groups is 2. The van der Waals surface area contributed by atoms with E-state index in [0.29, 0.717) is 35.7 Å². The second-order valence-corrected chi connectivity index (χ2v) is 8.45. The monoisotopic (exact) mass is 441 g/mol. The highest BCUT2D eigenvalue weighted by Crippen LogP contribution is 2.31. The summed E-state index contributed by atoms with van der Waals surface area (Å²) >= 11 is 0. The molecule has 8 heteroatoms. The van der Waals surface area contributed by atoms with Gasteiger partial charge < -0.3 is 19.2 Å². The van der Waals surface area contributed by atoms with Gasteiger partial charge in [0.15, 0.2) is 17.3 Å². The number of nitrogens with one attached hydrogen (secondary N) is 1. The number of aryl methyl sites for hydroxylation is 1. The minimum atomic E-state index is -0.421. The Bertz CT molecular complexity index is 1010. The first-order chi connectivity index (χ1) is 15.4. The molecule has 2 aliphatic rings. The van der Waals surface area contributed by atoms with Crippen LogP contribution in [0.1, 0.15) is 44.6 Å². The maximum absolute atomic E-state index is 13.2. The lowest BCUT2D eigenvalue weighted by molar-refractivity contribution is 0.0599. The molecule has 3 heterocycles. The fourth-order valence-corrected chi connectivity index (χ4v) is 4.53. The molecule has 32 heavy (non-hydrogen) atoms. The number of aromatic amines is 1. The van der Waals surface area contributed by atoms with Crippen molar-refractivity contribution in [2.45, 2.75) is 33.4 Å². The van der Waals surface area contributed by atoms with E-state index in [0.717, 1.165) is 44.2 Å². The molecule has 1 unspecified atom stereocenters. The van der Waals surface area contributed by atoms with E-state index in [4.69, 9.17) is 14.2 Å². The fraction of sp³-hybridized carbons (Fsp3) is 0.500. The highest BCUT2D eigenvalue weighted by molar-refractivity contribution is 6.03. The van der Waals surface area contributed by atoms with Gasteiger partial charge in [0.1, 0.15) is 13.2 Å². The van der Waals surface area contributed by atoms with Crippen LogP contribution in [0.4, 0.5) is 0 Å². The van der Waals surface area contributed by atoms with Crippen molar-refractivity contribution in [2.75, 3.05) is 46.5 Å². The summed E-state index contributed by atoms with van der Waals surface area (Å²) in [5, 5.41) is 0. The SMILES string of the molecule is COC(=O)c1c(C)[nH]c(C(=O)C(C)N2CCN(Cc3ccc4c(c3)OCCO4)CC2)c1C. The fourth-order valence-electron chi connectivity index (χ4n) is 4.53. The molecule has 2 aliphatic heterocycles. The first-order valence-corrected chi connectivity index (χ1v) is 11.1. The van der Waals surface area contributed by atoms with E-state index < -0.39 is 5.97 Å². The number of benzene rings is 1. The van der Waals surface area contributed by atoms with Gasteiger partial charge in [0, 0.05) is 38.4 Å². The number of carbonyl (C=O) groups excluding carboxylic acids is 2. The molecule has 2 aromatic rings. The van der Waals surface area contributed by atoms with E-state index in [2.05, 4.69) is 26.9 Å². The Morgan fingerprint density at radius 2 is 1.78 bits per heavy atom. The van der Waals surface area contributed by atoms with Crippen LogP contribution >= 0.6 is 0 Å². The first kappa shape index (κ1) is 22.4. The van der Waals surface area contributed by atoms with Crippen LogP contribution in [-0.4, -0.2) is 79.1 Å². The van der Waals surface area contributed by atoms with Crippen molar-refractivity contribution in [1.82, 2.24) is 14.8 Å². The number of fused-ring (bicyclic) bond motifs is 1. The second kappa shape index (κ2) is 9.34. The number of hydrogen-bond acceptors (Lipinski definition) is 7. The maximum Gasteiger partial charge on any atom is 0.339 e. The minimum Gasteiger partial charge on any atom is -0.486 e. The molecule has 1 N–H and O–H groups in total. The molecule has 1 atom stereocenters. The number of ether oxygens (including phenoxy) is 3. The van der Waals surface area contributed by atoms with E-state index in [9.17, 15) is 9.59 Å². The van der Waals surface area contributed by atoms with Gasteiger partial charge in [0.05, 0.1) is 24.4 Å². The minimum absolute atomic E-state index is 0.000962. The normalized spacial score (nSPS) is 17.8. The van der Waals surface area contributed by atoms with Crippen molar-refractivity contribution in [2.24, 2.45) is 0 Å². The Balaban J connectivity index is 1.36. The van der Waals surface area contributed by atoms with Gasteiger partial charge in [-0.2, -0.15) is 0 Å². The number of hydrogen-bond donors (Lipinski definition) is 1. The molecule has 0 aliphatic carbocycles. The number of H-pyrrole nitrogens is 1. The Hall–Kier alpha value is -2.84. The Labute approximate surface area is 188 Å². The van der Waals surface area contributed by atoms with E-state index in [-0.39, 0.29) is 11.8 Å². The Morgan fingerprint density at radius 3 is 2.47 bits per heavy atom. The third-order valence-corrected chi connectivity index (χ3v) is 6.42. The lowest BCUT2D eigenvalue weighted by Gasteiger charge is -2.37. The van der Waals surface area contributed by atoms with Crippen molar-refractivity contribution >= 4 is 11.8 Å². The van der Waals surface area contributed by atoms with Crippen molar-refractivity contribution in [3.63, 3.8) is 0 Å². The summed E-state index contributed by atoms with van der Waals surface area (Å²) in [5.41, 5.74) is 3.46. The van der Waals surface area contributed by atoms with E-state index in [1.54, 1.807) is 13.8 Å². The first-order valence-electron chi connectivity index (χ1n) is 11.1. The number of nitrogens with zero attached hydrogens (tertiary/aromatic N) is 2. The van der Waals surface area contributed by atoms with Crippen LogP contribution in [0.25, 0.3) is 0 Å². The van der Waals surface area contributed by atoms with Crippen LogP contribution in [-0.2, 0) is 11.3 Å². The predicted molar refractivity (Wildman–Crippen MR) is 120 cm³/mol. The Kier molecular flexibility index (Phi) is 6.53. The van der Waals surface area contributed by atoms with E-state index in [1.807, 2.05) is 13.0 Å². The molecular weight excluding hydrogens is 410 g/mol. The summed E-state index contributed by atoms with van der Waals surface area (Å²) in [7, 11) is 1.35. The average molecular weight is 442 g/mol. The summed E-state index contributed by atoms with van der Waals surface area (Å²) in [6, 6.07) is 5.85. The van der Waals surface area contributed by atoms with Gasteiger partial charge in [-0.15, -0.1) is 0 Å². The lowest BCUT2D eigenvalue weighted by atomic mass is 10.0. The molecule has 0 spiro atoms. The molecule has 0 amide bonds. The van der Waals surface area contributed by atoms with Crippen molar-refractivity contribution in [3.05, 3.63) is 46.3 Å². The van der Waals surface area contributed by atoms with Crippen molar-refractivity contribution in [3.8, 4) is 11.5 Å². The van der Waals surface area contributed by atoms with E-state index >= 15 is 0 Å². The van der Waals surface area contributed by atoms with Gasteiger partial charge in [-0.3, -0.25) is 14.6 Å². The van der Waals surface area contributed by atoms with Gasteiger partial charge >= 0.3 is 5.97 Å². The molecule has 1 aromatic carbocycles. The number of esters is 1. The molecule has 8 nitrogen and oxygen atoms in total. The molecule has 1 fully saturated rings. The second-order valence-electron chi connectivity index (χ2n) is 8.45. The average Bonchev–Trinajstić information content (AvgIpc) is 3.11. The van der Waals surface area contributed by atoms with Gasteiger partial charge in [-0.25, -0.2) is 4.79 Å². The van der Waals surface area contributed by atoms with Crippen molar-refractivity contribution < 1.29 is 23.8 Å². The highest BCUT2D eigenvalue weighted by Gasteiger charge is 2.30. The summed E-state index contributed by atoms with van der Waals surface area (Å²) in [6.07, 6.45) is 0. The van der Waals surface area contributed by atoms with Gasteiger partial charge in [0.2, 0.25) is 0 Å². The van der Waals surface area contributed by atoms with Crippen LogP contribution in [0, 0.1) is 13.8 Å². The molecule has 4 rings (SSSR count). The number of ketones is 1. The number of methoxy groups -OCH3 is 1. The lowest BCUT2D eigenvalue weighted by Crippen LogP contribution is -2.51. The van der Waals surface area contributed by atoms with Crippen LogP contribution in [0.3, 0.4) is 0 Å². The summed E-state index contributed by atoms with van der Waals surface area (Å²) in [5.74, 6) is 1.20. The standard InChI is InChI=1S/C24H31N3O5/c1-15-21(24(29)30-4)16(2)25-22(15)23(28)17(3)27-9-7-26(8-10-27)14-18-5-6-19-20(13-18)32-12-11-31-19/h5-6,13,17,25H,7-12,14H2,1-4H3. The Morgan fingerprint density at radius 1 is 1.09 bits per heavy atom. The number of Topliss-reactive ketones (excluding diaryl/α,β-unsaturated/α-hetero) is 1. The molecule has 1 aromatic heterocycles. The molecule has 1 saturated heterocycles. The van der Waals surface area contributed by atoms with Crippen LogP contribution in [0.2, 0.25) is 0 Å². The van der Waals surface area contributed by atoms with Crippen LogP contribution in [0.5, 0.6) is 11.5 Å². The van der Waals surface area contributed by atoms with Gasteiger partial charge in [-0.05, 0) is 44.0 Å². The largest absolute Gasteiger partial charge is 0.486 e. The summed E-state index contributed by atoms with van der Waals surface area (Å²) in [4.78, 5) is 32.9. The molecular formula is C24H31N3O5. The van der Waals surface area contributed by atoms with Crippen LogP contribution in [0.15, 0.2) is 18.2 Å². The molecule has 0 radical (unpaired) electrons. The highest BCUT2D eigenvalue weighted by atomic mass is 16.6. The zero-order valence-corrected chi connectivity index (χ0v) is 19.2. The van der Waals surface area contributed by atoms with E-state index in [1.165, 1.54) is 12.7 Å². The molecule has 0 bridgehead atoms. The predicted octanol–water partition coefficient (Wildman–Crippen LogP) is 2.58. The van der Waals surface area contributed by atoms with Crippen molar-refractivity contribution in [1.29, 1.82) is 0 Å². The quantitative estimate of drug-likeness (QED) is 0.545.